The van der Waals surface area contributed by atoms with E-state index in [0.717, 1.165) is 31.3 Å². The second-order valence-electron chi connectivity index (χ2n) is 10.2. The van der Waals surface area contributed by atoms with E-state index in [-0.39, 0.29) is 16.4 Å². The van der Waals surface area contributed by atoms with Crippen LogP contribution >= 0.6 is 0 Å². The van der Waals surface area contributed by atoms with Crippen molar-refractivity contribution in [3.63, 3.8) is 0 Å². The molecule has 41 heavy (non-hydrogen) atoms. The van der Waals surface area contributed by atoms with Crippen LogP contribution < -0.4 is 5.32 Å². The lowest BCUT2D eigenvalue weighted by atomic mass is 10.0. The smallest absolute Gasteiger partial charge is 0.276 e. The number of nitro benzene ring substituents is 1. The molecule has 0 radical (unpaired) electrons. The molecular weight excluding hydrogens is 553 g/mol. The van der Waals surface area contributed by atoms with Crippen molar-refractivity contribution in [1.82, 2.24) is 14.8 Å². The molecule has 2 amide bonds. The van der Waals surface area contributed by atoms with Crippen molar-refractivity contribution in [2.45, 2.75) is 24.5 Å². The first-order valence-corrected chi connectivity index (χ1v) is 14.5. The molecule has 5 rings (SSSR count). The molecule has 2 aromatic carbocycles. The van der Waals surface area contributed by atoms with Crippen LogP contribution in [0.5, 0.6) is 0 Å². The van der Waals surface area contributed by atoms with Crippen LogP contribution in [0.25, 0.3) is 11.6 Å². The Kier molecular flexibility index (Phi) is 7.26. The number of carbonyl (C=O) groups is 2. The number of hydrogen-bond acceptors (Lipinski definition) is 7. The number of nitrogens with one attached hydrogen (secondary N) is 2. The van der Waals surface area contributed by atoms with Crippen molar-refractivity contribution in [1.29, 1.82) is 0 Å². The van der Waals surface area contributed by atoms with Crippen molar-refractivity contribution < 1.29 is 27.3 Å². The zero-order valence-corrected chi connectivity index (χ0v) is 23.5. The van der Waals surface area contributed by atoms with Gasteiger partial charge in [0, 0.05) is 54.9 Å². The number of rotatable bonds is 6. The number of aromatic nitrogens is 1. The summed E-state index contributed by atoms with van der Waals surface area (Å²) < 4.78 is 40.9. The van der Waals surface area contributed by atoms with Gasteiger partial charge in [-0.1, -0.05) is 6.07 Å². The summed E-state index contributed by atoms with van der Waals surface area (Å²) >= 11 is 0. The number of fused-ring (bicyclic) bond motifs is 1. The number of benzene rings is 2. The van der Waals surface area contributed by atoms with Gasteiger partial charge in [0.25, 0.3) is 17.5 Å². The van der Waals surface area contributed by atoms with Gasteiger partial charge in [0.1, 0.15) is 5.82 Å². The molecule has 1 saturated heterocycles. The summed E-state index contributed by atoms with van der Waals surface area (Å²) in [6.45, 7) is 6.34. The minimum Gasteiger partial charge on any atom is -0.358 e. The minimum absolute atomic E-state index is 0.0964. The molecule has 1 fully saturated rings. The molecule has 0 spiro atoms. The zero-order valence-electron chi connectivity index (χ0n) is 22.7. The Balaban J connectivity index is 1.49. The van der Waals surface area contributed by atoms with Crippen molar-refractivity contribution >= 4 is 44.7 Å². The molecule has 0 saturated carbocycles. The number of nitrogens with zero attached hydrogens (tertiary/aromatic N) is 3. The van der Waals surface area contributed by atoms with Crippen LogP contribution in [-0.2, 0) is 20.4 Å². The van der Waals surface area contributed by atoms with Gasteiger partial charge in [-0.25, -0.2) is 12.8 Å². The molecule has 1 aromatic heterocycles. The van der Waals surface area contributed by atoms with Crippen LogP contribution in [0.3, 0.4) is 0 Å². The third kappa shape index (κ3) is 5.25. The van der Waals surface area contributed by atoms with Crippen LogP contribution in [0, 0.1) is 29.8 Å². The number of piperazine rings is 1. The number of anilines is 1. The van der Waals surface area contributed by atoms with E-state index in [1.54, 1.807) is 24.8 Å². The topological polar surface area (TPSA) is 146 Å². The SMILES string of the molecule is Cc1[nH]c(C=C2C(=O)Nc3ccc(S(=O)(=O)Cc4c(F)cccc4[N+](=O)[O-])cc32)c(C)c1C(=O)N1CCN(C)CC1. The number of halogens is 1. The first kappa shape index (κ1) is 28.2. The highest BCUT2D eigenvalue weighted by Gasteiger charge is 2.31. The minimum atomic E-state index is -4.24. The third-order valence-electron chi connectivity index (χ3n) is 7.53. The first-order chi connectivity index (χ1) is 19.4. The van der Waals surface area contributed by atoms with Gasteiger partial charge < -0.3 is 20.1 Å². The molecular formula is C28H28FN5O6S. The molecule has 13 heteroatoms. The van der Waals surface area contributed by atoms with Crippen molar-refractivity contribution in [3.05, 3.63) is 86.0 Å². The highest BCUT2D eigenvalue weighted by molar-refractivity contribution is 7.90. The Hall–Kier alpha value is -4.36. The maximum atomic E-state index is 14.4. The largest absolute Gasteiger partial charge is 0.358 e. The average Bonchev–Trinajstić information content (AvgIpc) is 3.38. The number of amides is 2. The number of nitro groups is 1. The number of aromatic amines is 1. The van der Waals surface area contributed by atoms with Gasteiger partial charge in [-0.05, 0) is 56.8 Å². The van der Waals surface area contributed by atoms with Gasteiger partial charge in [-0.2, -0.15) is 0 Å². The number of sulfone groups is 1. The van der Waals surface area contributed by atoms with Gasteiger partial charge in [-0.15, -0.1) is 0 Å². The van der Waals surface area contributed by atoms with E-state index in [9.17, 15) is 32.5 Å². The molecule has 0 atom stereocenters. The van der Waals surface area contributed by atoms with Gasteiger partial charge in [0.15, 0.2) is 9.84 Å². The Labute approximate surface area is 235 Å². The fourth-order valence-corrected chi connectivity index (χ4v) is 6.60. The highest BCUT2D eigenvalue weighted by atomic mass is 32.2. The van der Waals surface area contributed by atoms with Crippen LogP contribution in [0.2, 0.25) is 0 Å². The first-order valence-electron chi connectivity index (χ1n) is 12.9. The summed E-state index contributed by atoms with van der Waals surface area (Å²) in [5.41, 5.74) is 2.07. The predicted molar refractivity (Wildman–Crippen MR) is 151 cm³/mol. The second-order valence-corrected chi connectivity index (χ2v) is 12.2. The predicted octanol–water partition coefficient (Wildman–Crippen LogP) is 3.53. The molecule has 0 unspecified atom stereocenters. The molecule has 2 aliphatic rings. The Morgan fingerprint density at radius 1 is 1.15 bits per heavy atom. The molecule has 2 aliphatic heterocycles. The summed E-state index contributed by atoms with van der Waals surface area (Å²) in [6.07, 6.45) is 1.57. The summed E-state index contributed by atoms with van der Waals surface area (Å²) in [5.74, 6) is -2.48. The Bertz CT molecular complexity index is 1740. The summed E-state index contributed by atoms with van der Waals surface area (Å²) in [6, 6.07) is 7.13. The summed E-state index contributed by atoms with van der Waals surface area (Å²) in [4.78, 5) is 43.7. The molecule has 2 N–H and O–H groups in total. The van der Waals surface area contributed by atoms with Crippen LogP contribution in [0.4, 0.5) is 15.8 Å². The van der Waals surface area contributed by atoms with Crippen LogP contribution in [0.1, 0.15) is 38.4 Å². The maximum Gasteiger partial charge on any atom is 0.276 e. The van der Waals surface area contributed by atoms with E-state index in [1.807, 2.05) is 7.05 Å². The van der Waals surface area contributed by atoms with Gasteiger partial charge >= 0.3 is 0 Å². The van der Waals surface area contributed by atoms with Gasteiger partial charge in [0.2, 0.25) is 0 Å². The molecule has 0 bridgehead atoms. The highest BCUT2D eigenvalue weighted by Crippen LogP contribution is 2.37. The normalized spacial score (nSPS) is 16.6. The van der Waals surface area contributed by atoms with Crippen LogP contribution in [0.15, 0.2) is 41.3 Å². The molecule has 214 valence electrons. The monoisotopic (exact) mass is 581 g/mol. The quantitative estimate of drug-likeness (QED) is 0.257. The van der Waals surface area contributed by atoms with Crippen molar-refractivity contribution in [2.75, 3.05) is 38.5 Å². The van der Waals surface area contributed by atoms with Crippen molar-refractivity contribution in [3.8, 4) is 0 Å². The number of aryl methyl sites for hydroxylation is 1. The fraction of sp³-hybridized carbons (Fsp3) is 0.286. The number of carbonyl (C=O) groups excluding carboxylic acids is 2. The third-order valence-corrected chi connectivity index (χ3v) is 9.17. The lowest BCUT2D eigenvalue weighted by molar-refractivity contribution is -0.385. The lowest BCUT2D eigenvalue weighted by Gasteiger charge is -2.32. The van der Waals surface area contributed by atoms with E-state index >= 15 is 0 Å². The van der Waals surface area contributed by atoms with E-state index in [0.29, 0.717) is 46.9 Å². The standard InChI is InChI=1S/C28H28FN5O6S/c1-16-24(30-17(2)26(16)28(36)33-11-9-32(3)10-12-33)14-20-19-13-18(7-8-23(19)31-27(20)35)41(39,40)15-21-22(29)5-4-6-25(21)34(37)38/h4-8,13-14,30H,9-12,15H2,1-3H3,(H,31,35). The van der Waals surface area contributed by atoms with Crippen molar-refractivity contribution in [2.24, 2.45) is 0 Å². The fourth-order valence-electron chi connectivity index (χ4n) is 5.19. The molecule has 0 aliphatic carbocycles. The second kappa shape index (κ2) is 10.6. The summed E-state index contributed by atoms with van der Waals surface area (Å²) in [7, 11) is -2.23. The Morgan fingerprint density at radius 2 is 1.85 bits per heavy atom. The van der Waals surface area contributed by atoms with E-state index in [4.69, 9.17) is 0 Å². The molecule has 3 heterocycles. The van der Waals surface area contributed by atoms with E-state index in [2.05, 4.69) is 15.2 Å². The zero-order chi connectivity index (χ0) is 29.6. The number of hydrogen-bond donors (Lipinski definition) is 2. The molecule has 11 nitrogen and oxygen atoms in total. The summed E-state index contributed by atoms with van der Waals surface area (Å²) in [5, 5.41) is 14.1. The van der Waals surface area contributed by atoms with Crippen LogP contribution in [-0.4, -0.2) is 73.2 Å². The van der Waals surface area contributed by atoms with Gasteiger partial charge in [0.05, 0.1) is 32.3 Å². The van der Waals surface area contributed by atoms with Gasteiger partial charge in [-0.3, -0.25) is 19.7 Å². The average molecular weight is 582 g/mol. The maximum absolute atomic E-state index is 14.4. The van der Waals surface area contributed by atoms with E-state index < -0.39 is 43.5 Å². The number of H-pyrrole nitrogens is 1. The number of likely N-dealkylation sites (N-methyl/N-ethyl adjacent to an activating group) is 1. The Morgan fingerprint density at radius 3 is 2.54 bits per heavy atom. The van der Waals surface area contributed by atoms with E-state index in [1.165, 1.54) is 18.2 Å². The lowest BCUT2D eigenvalue weighted by Crippen LogP contribution is -2.47. The molecule has 3 aromatic rings.